The molecule has 2 N–H and O–H groups in total. The molecule has 1 aromatic rings. The summed E-state index contributed by atoms with van der Waals surface area (Å²) < 4.78 is 7.77. The first-order chi connectivity index (χ1) is 11.7. The minimum absolute atomic E-state index is 0.300. The van der Waals surface area contributed by atoms with Crippen molar-refractivity contribution in [3.63, 3.8) is 0 Å². The summed E-state index contributed by atoms with van der Waals surface area (Å²) in [4.78, 5) is 4.63. The molecule has 0 aliphatic rings. The number of aliphatic imine (C=N–C) groups is 1. The molecule has 0 amide bonds. The Kier molecular flexibility index (Phi) is 10.8. The van der Waals surface area contributed by atoms with Gasteiger partial charge in [0.05, 0.1) is 6.10 Å². The minimum Gasteiger partial charge on any atom is -0.378 e. The first-order valence-electron chi connectivity index (χ1n) is 9.13. The number of guanidine groups is 1. The van der Waals surface area contributed by atoms with E-state index in [1.807, 2.05) is 11.5 Å². The summed E-state index contributed by atoms with van der Waals surface area (Å²) in [5.74, 6) is 1.42. The Morgan fingerprint density at radius 3 is 2.54 bits per heavy atom. The first-order valence-corrected chi connectivity index (χ1v) is 9.13. The Balaban J connectivity index is 2.25. The molecule has 24 heavy (non-hydrogen) atoms. The smallest absolute Gasteiger partial charge is 0.191 e. The molecule has 1 heterocycles. The van der Waals surface area contributed by atoms with Gasteiger partial charge in [0, 0.05) is 32.8 Å². The van der Waals surface area contributed by atoms with Crippen LogP contribution in [0, 0.1) is 5.92 Å². The van der Waals surface area contributed by atoms with Crippen molar-refractivity contribution in [3.05, 3.63) is 12.7 Å². The highest BCUT2D eigenvalue weighted by atomic mass is 16.5. The average molecular weight is 339 g/mol. The number of hydrogen-bond donors (Lipinski definition) is 2. The van der Waals surface area contributed by atoms with E-state index in [0.717, 1.165) is 58.0 Å². The maximum Gasteiger partial charge on any atom is 0.191 e. The molecular weight excluding hydrogens is 304 g/mol. The summed E-state index contributed by atoms with van der Waals surface area (Å²) >= 11 is 0. The topological polar surface area (TPSA) is 76.4 Å². The van der Waals surface area contributed by atoms with Gasteiger partial charge in [0.1, 0.15) is 12.7 Å². The lowest BCUT2D eigenvalue weighted by atomic mass is 10.0. The zero-order chi connectivity index (χ0) is 17.6. The highest BCUT2D eigenvalue weighted by molar-refractivity contribution is 5.79. The molecule has 0 aliphatic heterocycles. The van der Waals surface area contributed by atoms with E-state index >= 15 is 0 Å². The van der Waals surface area contributed by atoms with E-state index in [-0.39, 0.29) is 0 Å². The number of hydrogen-bond acceptors (Lipinski definition) is 4. The standard InChI is InChI=1S/C17H34N6O/c1-5-18-17(20-11-9-16(15(3)4)24-6-2)19-10-7-8-12-23-13-21-22-14-23/h13-16H,5-12H2,1-4H3,(H2,18,19,20). The van der Waals surface area contributed by atoms with Crippen LogP contribution in [0.5, 0.6) is 0 Å². The van der Waals surface area contributed by atoms with Crippen LogP contribution in [0.1, 0.15) is 47.0 Å². The predicted molar refractivity (Wildman–Crippen MR) is 98.1 cm³/mol. The molecule has 0 radical (unpaired) electrons. The molecule has 7 nitrogen and oxygen atoms in total. The molecule has 7 heteroatoms. The number of unbranched alkanes of at least 4 members (excludes halogenated alkanes) is 1. The maximum atomic E-state index is 5.78. The lowest BCUT2D eigenvalue weighted by molar-refractivity contribution is 0.0258. The third-order valence-corrected chi connectivity index (χ3v) is 3.75. The lowest BCUT2D eigenvalue weighted by Crippen LogP contribution is -2.39. The summed E-state index contributed by atoms with van der Waals surface area (Å²) in [5.41, 5.74) is 0. The highest BCUT2D eigenvalue weighted by Gasteiger charge is 2.12. The Bertz CT molecular complexity index is 432. The van der Waals surface area contributed by atoms with Crippen LogP contribution in [-0.2, 0) is 11.3 Å². The molecule has 1 unspecified atom stereocenters. The Morgan fingerprint density at radius 1 is 1.17 bits per heavy atom. The van der Waals surface area contributed by atoms with E-state index in [0.29, 0.717) is 12.0 Å². The van der Waals surface area contributed by atoms with Gasteiger partial charge in [-0.3, -0.25) is 4.99 Å². The molecule has 0 saturated heterocycles. The van der Waals surface area contributed by atoms with Crippen LogP contribution in [0.15, 0.2) is 17.6 Å². The van der Waals surface area contributed by atoms with E-state index in [1.165, 1.54) is 0 Å². The van der Waals surface area contributed by atoms with Crippen molar-refractivity contribution >= 4 is 5.96 Å². The number of nitrogens with one attached hydrogen (secondary N) is 2. The van der Waals surface area contributed by atoms with Crippen LogP contribution in [0.4, 0.5) is 0 Å². The van der Waals surface area contributed by atoms with Crippen molar-refractivity contribution in [2.24, 2.45) is 10.9 Å². The Hall–Kier alpha value is -1.63. The largest absolute Gasteiger partial charge is 0.378 e. The van der Waals surface area contributed by atoms with Gasteiger partial charge in [-0.2, -0.15) is 0 Å². The summed E-state index contributed by atoms with van der Waals surface area (Å²) in [6.45, 7) is 12.8. The van der Waals surface area contributed by atoms with Gasteiger partial charge in [-0.15, -0.1) is 10.2 Å². The summed E-state index contributed by atoms with van der Waals surface area (Å²) in [7, 11) is 0. The van der Waals surface area contributed by atoms with E-state index in [4.69, 9.17) is 4.74 Å². The molecular formula is C17H34N6O. The Morgan fingerprint density at radius 2 is 1.92 bits per heavy atom. The van der Waals surface area contributed by atoms with Gasteiger partial charge in [0.2, 0.25) is 0 Å². The van der Waals surface area contributed by atoms with E-state index < -0.39 is 0 Å². The normalized spacial score (nSPS) is 13.3. The second-order valence-electron chi connectivity index (χ2n) is 6.12. The van der Waals surface area contributed by atoms with Crippen molar-refractivity contribution in [1.29, 1.82) is 0 Å². The molecule has 0 fully saturated rings. The van der Waals surface area contributed by atoms with E-state index in [2.05, 4.69) is 46.6 Å². The van der Waals surface area contributed by atoms with Crippen LogP contribution in [0.3, 0.4) is 0 Å². The number of aryl methyl sites for hydroxylation is 1. The van der Waals surface area contributed by atoms with Crippen molar-refractivity contribution in [2.45, 2.75) is 59.6 Å². The molecule has 1 aromatic heterocycles. The Labute approximate surface area is 146 Å². The number of nitrogens with zero attached hydrogens (tertiary/aromatic N) is 4. The van der Waals surface area contributed by atoms with Crippen LogP contribution in [-0.4, -0.2) is 53.1 Å². The quantitative estimate of drug-likeness (QED) is 0.347. The van der Waals surface area contributed by atoms with E-state index in [1.54, 1.807) is 12.7 Å². The highest BCUT2D eigenvalue weighted by Crippen LogP contribution is 2.09. The van der Waals surface area contributed by atoms with E-state index in [9.17, 15) is 0 Å². The van der Waals surface area contributed by atoms with Crippen LogP contribution >= 0.6 is 0 Å². The van der Waals surface area contributed by atoms with Crippen LogP contribution in [0.2, 0.25) is 0 Å². The van der Waals surface area contributed by atoms with Gasteiger partial charge >= 0.3 is 0 Å². The molecule has 138 valence electrons. The predicted octanol–water partition coefficient (Wildman–Crippen LogP) is 2.06. The van der Waals surface area contributed by atoms with Gasteiger partial charge in [0.15, 0.2) is 5.96 Å². The second kappa shape index (κ2) is 12.8. The molecule has 0 saturated carbocycles. The lowest BCUT2D eigenvalue weighted by Gasteiger charge is -2.21. The molecule has 0 aliphatic carbocycles. The van der Waals surface area contributed by atoms with Crippen molar-refractivity contribution in [1.82, 2.24) is 25.4 Å². The zero-order valence-corrected chi connectivity index (χ0v) is 15.7. The molecule has 0 bridgehead atoms. The fraction of sp³-hybridized carbons (Fsp3) is 0.824. The fourth-order valence-corrected chi connectivity index (χ4v) is 2.43. The van der Waals surface area contributed by atoms with Crippen molar-refractivity contribution in [2.75, 3.05) is 26.2 Å². The zero-order valence-electron chi connectivity index (χ0n) is 15.7. The van der Waals surface area contributed by atoms with Crippen LogP contribution in [0.25, 0.3) is 0 Å². The average Bonchev–Trinajstić information content (AvgIpc) is 3.06. The van der Waals surface area contributed by atoms with Crippen LogP contribution < -0.4 is 10.6 Å². The molecule has 1 atom stereocenters. The van der Waals surface area contributed by atoms with Gasteiger partial charge in [-0.05, 0) is 39.0 Å². The van der Waals surface area contributed by atoms with Gasteiger partial charge in [0.25, 0.3) is 0 Å². The second-order valence-corrected chi connectivity index (χ2v) is 6.12. The summed E-state index contributed by atoms with van der Waals surface area (Å²) in [5, 5.41) is 14.3. The maximum absolute atomic E-state index is 5.78. The first kappa shape index (κ1) is 20.4. The van der Waals surface area contributed by atoms with Gasteiger partial charge < -0.3 is 19.9 Å². The number of ether oxygens (including phenoxy) is 1. The minimum atomic E-state index is 0.300. The number of rotatable bonds is 12. The summed E-state index contributed by atoms with van der Waals surface area (Å²) in [6.07, 6.45) is 6.90. The third kappa shape index (κ3) is 8.86. The van der Waals surface area contributed by atoms with Crippen molar-refractivity contribution < 1.29 is 4.74 Å². The monoisotopic (exact) mass is 338 g/mol. The molecule has 1 rings (SSSR count). The van der Waals surface area contributed by atoms with Gasteiger partial charge in [-0.25, -0.2) is 0 Å². The van der Waals surface area contributed by atoms with Crippen molar-refractivity contribution in [3.8, 4) is 0 Å². The summed E-state index contributed by atoms with van der Waals surface area (Å²) in [6, 6.07) is 0. The fourth-order valence-electron chi connectivity index (χ4n) is 2.43. The molecule has 0 aromatic carbocycles. The third-order valence-electron chi connectivity index (χ3n) is 3.75. The SMILES string of the molecule is CCNC(=NCCCCn1cnnc1)NCCC(OCC)C(C)C. The number of aromatic nitrogens is 3. The molecule has 0 spiro atoms. The van der Waals surface area contributed by atoms with Gasteiger partial charge in [-0.1, -0.05) is 13.8 Å².